The number of benzene rings is 2. The molecule has 0 saturated carbocycles. The Morgan fingerprint density at radius 2 is 1.38 bits per heavy atom. The van der Waals surface area contributed by atoms with Crippen molar-refractivity contribution in [2.24, 2.45) is 0 Å². The third kappa shape index (κ3) is 2.75. The van der Waals surface area contributed by atoms with E-state index in [4.69, 9.17) is 9.47 Å². The van der Waals surface area contributed by atoms with Gasteiger partial charge in [-0.3, -0.25) is 0 Å². The molecular weight excluding hydrogens is 332 g/mol. The zero-order chi connectivity index (χ0) is 18.3. The Hall–Kier alpha value is -3.41. The number of esters is 2. The van der Waals surface area contributed by atoms with Crippen LogP contribution in [0, 0.1) is 0 Å². The molecule has 0 bridgehead atoms. The van der Waals surface area contributed by atoms with Gasteiger partial charge in [-0.2, -0.15) is 0 Å². The van der Waals surface area contributed by atoms with Gasteiger partial charge in [0.05, 0.1) is 16.7 Å². The number of nitrogens with one attached hydrogen (secondary N) is 1. The predicted molar refractivity (Wildman–Crippen MR) is 97.2 cm³/mol. The second-order valence-corrected chi connectivity index (χ2v) is 6.40. The maximum atomic E-state index is 12.1. The van der Waals surface area contributed by atoms with Gasteiger partial charge in [-0.1, -0.05) is 36.4 Å². The van der Waals surface area contributed by atoms with E-state index in [1.807, 2.05) is 48.5 Å². The average Bonchev–Trinajstić information content (AvgIpc) is 2.59. The Kier molecular flexibility index (Phi) is 3.61. The third-order valence-corrected chi connectivity index (χ3v) is 4.07. The summed E-state index contributed by atoms with van der Waals surface area (Å²) in [5.74, 6) is -2.70. The Morgan fingerprint density at radius 3 is 1.92 bits per heavy atom. The molecule has 0 aliphatic carbocycles. The Labute approximate surface area is 149 Å². The van der Waals surface area contributed by atoms with Gasteiger partial charge in [-0.05, 0) is 12.1 Å². The summed E-state index contributed by atoms with van der Waals surface area (Å²) in [4.78, 5) is 28.9. The molecule has 0 radical (unpaired) electrons. The van der Waals surface area contributed by atoms with Crippen molar-refractivity contribution in [3.8, 4) is 0 Å². The molecule has 4 rings (SSSR count). The molecule has 0 atom stereocenters. The number of hydrogen-bond donors (Lipinski definition) is 1. The number of carbonyl (C=O) groups excluding carboxylic acids is 2. The number of para-hydroxylation sites is 2. The first-order valence-electron chi connectivity index (χ1n) is 8.15. The van der Waals surface area contributed by atoms with Crippen molar-refractivity contribution < 1.29 is 19.1 Å². The number of cyclic esters (lactones) is 2. The second kappa shape index (κ2) is 5.84. The van der Waals surface area contributed by atoms with Gasteiger partial charge in [0.15, 0.2) is 5.57 Å². The highest BCUT2D eigenvalue weighted by Crippen LogP contribution is 2.31. The fraction of sp³-hybridized carbons (Fsp3) is 0.150. The van der Waals surface area contributed by atoms with Crippen LogP contribution in [0.1, 0.15) is 13.8 Å². The van der Waals surface area contributed by atoms with Crippen molar-refractivity contribution in [2.45, 2.75) is 19.6 Å². The average molecular weight is 348 g/mol. The number of nitrogens with zero attached hydrogens (tertiary/aromatic N) is 1. The summed E-state index contributed by atoms with van der Waals surface area (Å²) in [6.07, 6.45) is 1.33. The fourth-order valence-corrected chi connectivity index (χ4v) is 2.92. The van der Waals surface area contributed by atoms with Gasteiger partial charge in [0.2, 0.25) is 0 Å². The van der Waals surface area contributed by atoms with Crippen molar-refractivity contribution in [3.63, 3.8) is 0 Å². The van der Waals surface area contributed by atoms with Crippen molar-refractivity contribution in [3.05, 3.63) is 60.3 Å². The van der Waals surface area contributed by atoms with E-state index in [-0.39, 0.29) is 5.57 Å². The Balaban J connectivity index is 1.82. The number of fused-ring (bicyclic) bond motifs is 2. The smallest absolute Gasteiger partial charge is 0.350 e. The summed E-state index contributed by atoms with van der Waals surface area (Å²) in [6, 6.07) is 15.3. The highest BCUT2D eigenvalue weighted by molar-refractivity contribution is 6.16. The quantitative estimate of drug-likeness (QED) is 0.330. The van der Waals surface area contributed by atoms with E-state index >= 15 is 0 Å². The lowest BCUT2D eigenvalue weighted by molar-refractivity contribution is -0.222. The van der Waals surface area contributed by atoms with Crippen molar-refractivity contribution in [2.75, 3.05) is 5.32 Å². The molecule has 26 heavy (non-hydrogen) atoms. The van der Waals surface area contributed by atoms with Crippen LogP contribution in [0.5, 0.6) is 0 Å². The lowest BCUT2D eigenvalue weighted by Crippen LogP contribution is -2.42. The molecule has 1 fully saturated rings. The van der Waals surface area contributed by atoms with Gasteiger partial charge < -0.3 is 14.8 Å². The first-order valence-corrected chi connectivity index (χ1v) is 8.15. The molecule has 6 heteroatoms. The molecule has 1 aromatic heterocycles. The monoisotopic (exact) mass is 348 g/mol. The number of pyridine rings is 1. The van der Waals surface area contributed by atoms with E-state index in [0.29, 0.717) is 0 Å². The van der Waals surface area contributed by atoms with Crippen molar-refractivity contribution >= 4 is 39.4 Å². The zero-order valence-corrected chi connectivity index (χ0v) is 14.3. The molecule has 0 unspecified atom stereocenters. The number of ether oxygens (including phenoxy) is 2. The van der Waals surface area contributed by atoms with Gasteiger partial charge in [0, 0.05) is 30.8 Å². The summed E-state index contributed by atoms with van der Waals surface area (Å²) in [7, 11) is 0. The van der Waals surface area contributed by atoms with Crippen molar-refractivity contribution in [1.29, 1.82) is 0 Å². The Morgan fingerprint density at radius 1 is 0.885 bits per heavy atom. The molecule has 3 aromatic rings. The lowest BCUT2D eigenvalue weighted by atomic mass is 10.1. The molecule has 6 nitrogen and oxygen atoms in total. The number of aromatic nitrogens is 1. The van der Waals surface area contributed by atoms with Gasteiger partial charge in [-0.15, -0.1) is 0 Å². The van der Waals surface area contributed by atoms with Crippen LogP contribution in [-0.4, -0.2) is 22.7 Å². The fourth-order valence-electron chi connectivity index (χ4n) is 2.92. The summed E-state index contributed by atoms with van der Waals surface area (Å²) >= 11 is 0. The number of rotatable bonds is 2. The van der Waals surface area contributed by atoms with E-state index < -0.39 is 17.7 Å². The number of anilines is 1. The molecule has 0 amide bonds. The molecular formula is C20H16N2O4. The van der Waals surface area contributed by atoms with Crippen LogP contribution in [0.4, 0.5) is 5.69 Å². The van der Waals surface area contributed by atoms with Crippen LogP contribution in [-0.2, 0) is 19.1 Å². The predicted octanol–water partition coefficient (Wildman–Crippen LogP) is 3.52. The molecule has 1 N–H and O–H groups in total. The minimum absolute atomic E-state index is 0.186. The first kappa shape index (κ1) is 16.1. The molecule has 1 aliphatic heterocycles. The normalized spacial score (nSPS) is 16.3. The summed E-state index contributed by atoms with van der Waals surface area (Å²) in [6.45, 7) is 3.02. The maximum Gasteiger partial charge on any atom is 0.350 e. The highest BCUT2D eigenvalue weighted by Gasteiger charge is 2.39. The molecule has 2 aromatic carbocycles. The highest BCUT2D eigenvalue weighted by atomic mass is 16.7. The standard InChI is InChI=1S/C20H16N2O4/c1-20(2)25-18(23)14(19(24)26-20)11-21-17-12-7-3-5-9-15(12)22-16-10-6-4-8-13(16)17/h3-11H,1-2H3,(H,21,22). The van der Waals surface area contributed by atoms with Gasteiger partial charge in [0.1, 0.15) is 0 Å². The van der Waals surface area contributed by atoms with Crippen molar-refractivity contribution in [1.82, 2.24) is 4.98 Å². The molecule has 2 heterocycles. The minimum atomic E-state index is -1.26. The number of carbonyl (C=O) groups is 2. The van der Waals surface area contributed by atoms with E-state index in [2.05, 4.69) is 10.3 Å². The molecule has 1 aliphatic rings. The SMILES string of the molecule is CC1(C)OC(=O)C(=CNc2c3ccccc3nc3ccccc23)C(=O)O1. The second-order valence-electron chi connectivity index (χ2n) is 6.40. The molecule has 0 spiro atoms. The van der Waals surface area contributed by atoms with Crippen LogP contribution >= 0.6 is 0 Å². The summed E-state index contributed by atoms with van der Waals surface area (Å²) in [5, 5.41) is 4.84. The van der Waals surface area contributed by atoms with E-state index in [1.165, 1.54) is 20.0 Å². The van der Waals surface area contributed by atoms with Crippen LogP contribution < -0.4 is 5.32 Å². The van der Waals surface area contributed by atoms with Crippen LogP contribution in [0.3, 0.4) is 0 Å². The summed E-state index contributed by atoms with van der Waals surface area (Å²) < 4.78 is 10.2. The third-order valence-electron chi connectivity index (χ3n) is 4.07. The maximum absolute atomic E-state index is 12.1. The first-order chi connectivity index (χ1) is 12.4. The van der Waals surface area contributed by atoms with Gasteiger partial charge >= 0.3 is 11.9 Å². The molecule has 130 valence electrons. The van der Waals surface area contributed by atoms with E-state index in [0.717, 1.165) is 27.5 Å². The van der Waals surface area contributed by atoms with Crippen LogP contribution in [0.15, 0.2) is 60.3 Å². The minimum Gasteiger partial charge on any atom is -0.419 e. The topological polar surface area (TPSA) is 77.5 Å². The van der Waals surface area contributed by atoms with E-state index in [9.17, 15) is 9.59 Å². The largest absolute Gasteiger partial charge is 0.419 e. The lowest BCUT2D eigenvalue weighted by Gasteiger charge is -2.29. The summed E-state index contributed by atoms with van der Waals surface area (Å²) in [5.41, 5.74) is 2.18. The van der Waals surface area contributed by atoms with Gasteiger partial charge in [-0.25, -0.2) is 14.6 Å². The Bertz CT molecular complexity index is 1010. The zero-order valence-electron chi connectivity index (χ0n) is 14.3. The molecule has 1 saturated heterocycles. The van der Waals surface area contributed by atoms with Crippen LogP contribution in [0.2, 0.25) is 0 Å². The number of hydrogen-bond acceptors (Lipinski definition) is 6. The van der Waals surface area contributed by atoms with E-state index in [1.54, 1.807) is 0 Å². The van der Waals surface area contributed by atoms with Crippen LogP contribution in [0.25, 0.3) is 21.8 Å². The van der Waals surface area contributed by atoms with Gasteiger partial charge in [0.25, 0.3) is 5.79 Å².